The Morgan fingerprint density at radius 1 is 1.44 bits per heavy atom. The second-order valence-corrected chi connectivity index (χ2v) is 4.79. The molecular formula is C11H26N2O3. The monoisotopic (exact) mass is 234 g/mol. The van der Waals surface area contributed by atoms with Crippen LogP contribution in [0.5, 0.6) is 0 Å². The Balaban J connectivity index is 3.63. The van der Waals surface area contributed by atoms with E-state index in [4.69, 9.17) is 4.74 Å². The molecule has 98 valence electrons. The smallest absolute Gasteiger partial charge is 0.0791 e. The first-order valence-corrected chi connectivity index (χ1v) is 5.62. The molecule has 0 aliphatic rings. The van der Waals surface area contributed by atoms with Crippen molar-refractivity contribution >= 4 is 0 Å². The second kappa shape index (κ2) is 7.97. The van der Waals surface area contributed by atoms with Crippen LogP contribution in [-0.4, -0.2) is 74.3 Å². The molecule has 0 fully saturated rings. The van der Waals surface area contributed by atoms with Crippen LogP contribution in [0.25, 0.3) is 0 Å². The predicted molar refractivity (Wildman–Crippen MR) is 64.5 cm³/mol. The summed E-state index contributed by atoms with van der Waals surface area (Å²) in [6.07, 6.45) is 0.175. The largest absolute Gasteiger partial charge is 0.390 e. The maximum absolute atomic E-state index is 9.91. The van der Waals surface area contributed by atoms with E-state index in [0.29, 0.717) is 32.7 Å². The van der Waals surface area contributed by atoms with Crippen molar-refractivity contribution in [2.75, 3.05) is 47.4 Å². The zero-order valence-electron chi connectivity index (χ0n) is 10.9. The molecule has 0 saturated carbocycles. The second-order valence-electron chi connectivity index (χ2n) is 4.79. The van der Waals surface area contributed by atoms with Crippen LogP contribution in [0.3, 0.4) is 0 Å². The Labute approximate surface area is 98.4 Å². The number of nitrogens with zero attached hydrogens (tertiary/aromatic N) is 1. The van der Waals surface area contributed by atoms with Crippen molar-refractivity contribution in [2.45, 2.75) is 25.0 Å². The lowest BCUT2D eigenvalue weighted by atomic mass is 10.0. The van der Waals surface area contributed by atoms with Crippen LogP contribution in [0.1, 0.15) is 13.3 Å². The summed E-state index contributed by atoms with van der Waals surface area (Å²) in [5.74, 6) is 0. The van der Waals surface area contributed by atoms with Gasteiger partial charge in [-0.15, -0.1) is 0 Å². The van der Waals surface area contributed by atoms with Gasteiger partial charge in [0.15, 0.2) is 0 Å². The van der Waals surface area contributed by atoms with Crippen LogP contribution in [-0.2, 0) is 4.74 Å². The van der Waals surface area contributed by atoms with Crippen LogP contribution in [0.15, 0.2) is 0 Å². The van der Waals surface area contributed by atoms with Crippen molar-refractivity contribution in [2.24, 2.45) is 0 Å². The van der Waals surface area contributed by atoms with E-state index in [1.807, 2.05) is 19.0 Å². The highest BCUT2D eigenvalue weighted by Crippen LogP contribution is 2.07. The molecule has 0 aliphatic heterocycles. The van der Waals surface area contributed by atoms with Gasteiger partial charge >= 0.3 is 0 Å². The summed E-state index contributed by atoms with van der Waals surface area (Å²) >= 11 is 0. The van der Waals surface area contributed by atoms with Crippen molar-refractivity contribution in [1.82, 2.24) is 10.2 Å². The molecule has 5 heteroatoms. The minimum Gasteiger partial charge on any atom is -0.390 e. The minimum absolute atomic E-state index is 0.409. The van der Waals surface area contributed by atoms with E-state index >= 15 is 0 Å². The number of nitrogens with one attached hydrogen (secondary N) is 1. The standard InChI is InChI=1S/C11H26N2O3/c1-11(15,5-6-16-4)9-12-7-10(14)8-13(2)3/h10,12,14-15H,5-9H2,1-4H3. The van der Waals surface area contributed by atoms with Gasteiger partial charge in [0.1, 0.15) is 0 Å². The van der Waals surface area contributed by atoms with Crippen LogP contribution in [0.2, 0.25) is 0 Å². The molecule has 0 radical (unpaired) electrons. The summed E-state index contributed by atoms with van der Waals surface area (Å²) in [6.45, 7) is 3.86. The van der Waals surface area contributed by atoms with E-state index in [1.54, 1.807) is 14.0 Å². The van der Waals surface area contributed by atoms with Crippen molar-refractivity contribution in [3.05, 3.63) is 0 Å². The summed E-state index contributed by atoms with van der Waals surface area (Å²) in [7, 11) is 5.44. The van der Waals surface area contributed by atoms with Crippen LogP contribution in [0, 0.1) is 0 Å². The third-order valence-electron chi connectivity index (χ3n) is 2.31. The van der Waals surface area contributed by atoms with Gasteiger partial charge in [-0.05, 0) is 21.0 Å². The van der Waals surface area contributed by atoms with Crippen LogP contribution < -0.4 is 5.32 Å². The van der Waals surface area contributed by atoms with Crippen molar-refractivity contribution < 1.29 is 14.9 Å². The SMILES string of the molecule is COCCC(C)(O)CNCC(O)CN(C)C. The number of methoxy groups -OCH3 is 1. The average molecular weight is 234 g/mol. The minimum atomic E-state index is -0.784. The van der Waals surface area contributed by atoms with Gasteiger partial charge in [-0.3, -0.25) is 0 Å². The Morgan fingerprint density at radius 2 is 2.06 bits per heavy atom. The number of hydrogen-bond donors (Lipinski definition) is 3. The Hall–Kier alpha value is -0.200. The van der Waals surface area contributed by atoms with Crippen LogP contribution in [0.4, 0.5) is 0 Å². The molecule has 0 heterocycles. The first kappa shape index (κ1) is 15.8. The fraction of sp³-hybridized carbons (Fsp3) is 1.00. The topological polar surface area (TPSA) is 65.0 Å². The van der Waals surface area contributed by atoms with Gasteiger partial charge in [-0.2, -0.15) is 0 Å². The van der Waals surface area contributed by atoms with E-state index in [-0.39, 0.29) is 0 Å². The average Bonchev–Trinajstić information content (AvgIpc) is 2.13. The molecule has 2 atom stereocenters. The number of aliphatic hydroxyl groups is 2. The zero-order valence-corrected chi connectivity index (χ0v) is 10.9. The normalized spacial score (nSPS) is 17.4. The summed E-state index contributed by atoms with van der Waals surface area (Å²) in [5.41, 5.74) is -0.784. The number of likely N-dealkylation sites (N-methyl/N-ethyl adjacent to an activating group) is 1. The molecule has 2 unspecified atom stereocenters. The summed E-state index contributed by atoms with van der Waals surface area (Å²) in [4.78, 5) is 1.93. The molecule has 0 spiro atoms. The lowest BCUT2D eigenvalue weighted by Crippen LogP contribution is -2.43. The Morgan fingerprint density at radius 3 is 2.56 bits per heavy atom. The third-order valence-corrected chi connectivity index (χ3v) is 2.31. The van der Waals surface area contributed by atoms with E-state index in [1.165, 1.54) is 0 Å². The van der Waals surface area contributed by atoms with Gasteiger partial charge in [0.25, 0.3) is 0 Å². The summed E-state index contributed by atoms with van der Waals surface area (Å²) in [6, 6.07) is 0. The molecule has 0 rings (SSSR count). The van der Waals surface area contributed by atoms with E-state index in [0.717, 1.165) is 0 Å². The van der Waals surface area contributed by atoms with Crippen molar-refractivity contribution in [3.8, 4) is 0 Å². The Bertz CT molecular complexity index is 175. The lowest BCUT2D eigenvalue weighted by molar-refractivity contribution is 0.0218. The van der Waals surface area contributed by atoms with Gasteiger partial charge in [0.2, 0.25) is 0 Å². The zero-order chi connectivity index (χ0) is 12.6. The molecule has 0 aromatic rings. The van der Waals surface area contributed by atoms with Crippen molar-refractivity contribution in [1.29, 1.82) is 0 Å². The number of aliphatic hydroxyl groups excluding tert-OH is 1. The van der Waals surface area contributed by atoms with Crippen LogP contribution >= 0.6 is 0 Å². The summed E-state index contributed by atoms with van der Waals surface area (Å²) in [5, 5.41) is 22.5. The van der Waals surface area contributed by atoms with Crippen molar-refractivity contribution in [3.63, 3.8) is 0 Å². The molecule has 16 heavy (non-hydrogen) atoms. The highest BCUT2D eigenvalue weighted by molar-refractivity contribution is 4.76. The van der Waals surface area contributed by atoms with Gasteiger partial charge < -0.3 is 25.2 Å². The fourth-order valence-electron chi connectivity index (χ4n) is 1.40. The molecular weight excluding hydrogens is 208 g/mol. The maximum atomic E-state index is 9.91. The van der Waals surface area contributed by atoms with Gasteiger partial charge in [-0.1, -0.05) is 0 Å². The molecule has 0 aromatic heterocycles. The number of hydrogen-bond acceptors (Lipinski definition) is 5. The molecule has 0 aromatic carbocycles. The molecule has 3 N–H and O–H groups in total. The van der Waals surface area contributed by atoms with E-state index in [9.17, 15) is 10.2 Å². The van der Waals surface area contributed by atoms with E-state index < -0.39 is 11.7 Å². The van der Waals surface area contributed by atoms with Gasteiger partial charge in [0, 0.05) is 39.8 Å². The summed E-state index contributed by atoms with van der Waals surface area (Å²) < 4.78 is 4.91. The molecule has 5 nitrogen and oxygen atoms in total. The maximum Gasteiger partial charge on any atom is 0.0791 e. The van der Waals surface area contributed by atoms with Gasteiger partial charge in [0.05, 0.1) is 11.7 Å². The fourth-order valence-corrected chi connectivity index (χ4v) is 1.40. The molecule has 0 aliphatic carbocycles. The quantitative estimate of drug-likeness (QED) is 0.492. The lowest BCUT2D eigenvalue weighted by Gasteiger charge is -2.24. The third kappa shape index (κ3) is 9.06. The first-order valence-electron chi connectivity index (χ1n) is 5.62. The first-order chi connectivity index (χ1) is 7.37. The Kier molecular flexibility index (Phi) is 7.87. The van der Waals surface area contributed by atoms with Gasteiger partial charge in [-0.25, -0.2) is 0 Å². The number of rotatable bonds is 9. The highest BCUT2D eigenvalue weighted by Gasteiger charge is 2.19. The highest BCUT2D eigenvalue weighted by atomic mass is 16.5. The number of ether oxygens (including phenoxy) is 1. The molecule has 0 bridgehead atoms. The van der Waals surface area contributed by atoms with E-state index in [2.05, 4.69) is 5.32 Å². The molecule has 0 amide bonds. The molecule has 0 saturated heterocycles. The predicted octanol–water partition coefficient (Wildman–Crippen LogP) is -0.714.